The quantitative estimate of drug-likeness (QED) is 0.272. The summed E-state index contributed by atoms with van der Waals surface area (Å²) in [5.41, 5.74) is 3.21. The van der Waals surface area contributed by atoms with Crippen LogP contribution in [0.15, 0.2) is 36.4 Å². The van der Waals surface area contributed by atoms with Crippen molar-refractivity contribution >= 4 is 33.7 Å². The summed E-state index contributed by atoms with van der Waals surface area (Å²) in [6.45, 7) is 11.9. The number of unbranched alkanes of at least 4 members (excludes halogenated alkanes) is 1. The van der Waals surface area contributed by atoms with Crippen LogP contribution in [0.5, 0.6) is 17.2 Å². The molecule has 2 heterocycles. The summed E-state index contributed by atoms with van der Waals surface area (Å²) >= 11 is 0. The van der Waals surface area contributed by atoms with Crippen LogP contribution < -0.4 is 19.5 Å². The van der Waals surface area contributed by atoms with Crippen molar-refractivity contribution in [2.24, 2.45) is 0 Å². The second-order valence-corrected chi connectivity index (χ2v) is 8.54. The van der Waals surface area contributed by atoms with E-state index in [0.29, 0.717) is 48.5 Å². The minimum Gasteiger partial charge on any atom is -0.490 e. The van der Waals surface area contributed by atoms with Crippen molar-refractivity contribution in [3.05, 3.63) is 47.5 Å². The van der Waals surface area contributed by atoms with Crippen LogP contribution >= 0.6 is 0 Å². The Morgan fingerprint density at radius 1 is 0.944 bits per heavy atom. The number of nitrogens with zero attached hydrogens (tertiary/aromatic N) is 3. The molecule has 2 aromatic heterocycles. The number of anilines is 1. The van der Waals surface area contributed by atoms with Crippen molar-refractivity contribution in [3.8, 4) is 17.2 Å². The van der Waals surface area contributed by atoms with Gasteiger partial charge in [0.1, 0.15) is 0 Å². The first kappa shape index (κ1) is 25.3. The molecule has 1 amide bonds. The average Bonchev–Trinajstić information content (AvgIpc) is 3.19. The normalized spacial score (nSPS) is 11.1. The monoisotopic (exact) mass is 490 g/mol. The van der Waals surface area contributed by atoms with Crippen LogP contribution in [0.2, 0.25) is 0 Å². The number of nitrogens with one attached hydrogen (secondary N) is 1. The third-order valence-electron chi connectivity index (χ3n) is 5.80. The second-order valence-electron chi connectivity index (χ2n) is 8.54. The molecule has 0 radical (unpaired) electrons. The summed E-state index contributed by atoms with van der Waals surface area (Å²) in [5, 5.41) is 9.54. The van der Waals surface area contributed by atoms with Gasteiger partial charge in [0.25, 0.3) is 5.91 Å². The first-order chi connectivity index (χ1) is 17.5. The molecule has 4 aromatic rings. The van der Waals surface area contributed by atoms with E-state index in [1.807, 2.05) is 37.6 Å². The van der Waals surface area contributed by atoms with Gasteiger partial charge in [0.05, 0.1) is 30.7 Å². The van der Waals surface area contributed by atoms with Gasteiger partial charge >= 0.3 is 0 Å². The summed E-state index contributed by atoms with van der Waals surface area (Å²) < 4.78 is 19.2. The van der Waals surface area contributed by atoms with Crippen molar-refractivity contribution in [1.29, 1.82) is 0 Å². The number of carbonyl (C=O) groups is 1. The van der Waals surface area contributed by atoms with Crippen LogP contribution in [-0.2, 0) is 6.54 Å². The lowest BCUT2D eigenvalue weighted by Gasteiger charge is -2.17. The molecule has 0 saturated carbocycles. The molecule has 0 aliphatic rings. The fourth-order valence-electron chi connectivity index (χ4n) is 4.12. The molecule has 1 N–H and O–H groups in total. The van der Waals surface area contributed by atoms with E-state index < -0.39 is 0 Å². The van der Waals surface area contributed by atoms with Gasteiger partial charge in [-0.15, -0.1) is 0 Å². The molecule has 0 atom stereocenters. The summed E-state index contributed by atoms with van der Waals surface area (Å²) in [4.78, 5) is 18.3. The van der Waals surface area contributed by atoms with Gasteiger partial charge in [-0.05, 0) is 63.9 Å². The highest BCUT2D eigenvalue weighted by molar-refractivity contribution is 6.09. The Hall–Kier alpha value is -3.81. The topological polar surface area (TPSA) is 87.5 Å². The van der Waals surface area contributed by atoms with E-state index in [4.69, 9.17) is 24.3 Å². The number of hydrogen-bond acceptors (Lipinski definition) is 6. The van der Waals surface area contributed by atoms with E-state index in [0.717, 1.165) is 46.9 Å². The maximum atomic E-state index is 13.4. The molecule has 8 heteroatoms. The van der Waals surface area contributed by atoms with Crippen molar-refractivity contribution < 1.29 is 19.0 Å². The molecular weight excluding hydrogens is 456 g/mol. The number of benzene rings is 2. The van der Waals surface area contributed by atoms with Crippen molar-refractivity contribution in [3.63, 3.8) is 0 Å². The molecule has 4 rings (SSSR count). The Morgan fingerprint density at radius 3 is 2.28 bits per heavy atom. The van der Waals surface area contributed by atoms with Crippen LogP contribution in [0.4, 0.5) is 5.82 Å². The molecule has 0 fully saturated rings. The lowest BCUT2D eigenvalue weighted by molar-refractivity contribution is 0.102. The fraction of sp³-hybridized carbons (Fsp3) is 0.393. The van der Waals surface area contributed by atoms with E-state index in [1.165, 1.54) is 0 Å². The molecule has 8 nitrogen and oxygen atoms in total. The smallest absolute Gasteiger partial charge is 0.257 e. The van der Waals surface area contributed by atoms with Gasteiger partial charge in [0.15, 0.2) is 23.0 Å². The summed E-state index contributed by atoms with van der Waals surface area (Å²) in [6.07, 6.45) is 1.99. The molecule has 0 spiro atoms. The van der Waals surface area contributed by atoms with Crippen molar-refractivity contribution in [1.82, 2.24) is 14.8 Å². The highest BCUT2D eigenvalue weighted by atomic mass is 16.5. The summed E-state index contributed by atoms with van der Waals surface area (Å²) in [7, 11) is 0. The maximum Gasteiger partial charge on any atom is 0.257 e. The maximum absolute atomic E-state index is 13.4. The van der Waals surface area contributed by atoms with E-state index in [2.05, 4.69) is 31.3 Å². The number of hydrogen-bond donors (Lipinski definition) is 1. The van der Waals surface area contributed by atoms with Crippen LogP contribution in [0.3, 0.4) is 0 Å². The van der Waals surface area contributed by atoms with Crippen molar-refractivity contribution in [2.75, 3.05) is 25.1 Å². The summed E-state index contributed by atoms with van der Waals surface area (Å²) in [5.74, 6) is 1.60. The zero-order valence-electron chi connectivity index (χ0n) is 21.7. The lowest BCUT2D eigenvalue weighted by Crippen LogP contribution is -2.14. The SMILES string of the molecule is CCCCn1nc(NC(=O)c2cc(OCC)c(OCC)c(OCC)c2)c2cc3ccc(C)cc3nc21. The van der Waals surface area contributed by atoms with Crippen molar-refractivity contribution in [2.45, 2.75) is 54.0 Å². The summed E-state index contributed by atoms with van der Waals surface area (Å²) in [6, 6.07) is 11.6. The van der Waals surface area contributed by atoms with Crippen LogP contribution in [-0.4, -0.2) is 40.5 Å². The van der Waals surface area contributed by atoms with Crippen LogP contribution in [0.25, 0.3) is 21.9 Å². The molecule has 0 bridgehead atoms. The molecule has 36 heavy (non-hydrogen) atoms. The van der Waals surface area contributed by atoms with Gasteiger partial charge < -0.3 is 19.5 Å². The Balaban J connectivity index is 1.76. The average molecular weight is 491 g/mol. The highest BCUT2D eigenvalue weighted by Crippen LogP contribution is 2.39. The number of aromatic nitrogens is 3. The number of carbonyl (C=O) groups excluding carboxylic acids is 1. The second kappa shape index (κ2) is 11.3. The number of rotatable bonds is 11. The Bertz CT molecular complexity index is 1350. The van der Waals surface area contributed by atoms with E-state index in [9.17, 15) is 4.79 Å². The van der Waals surface area contributed by atoms with E-state index in [-0.39, 0.29) is 5.91 Å². The van der Waals surface area contributed by atoms with E-state index >= 15 is 0 Å². The third-order valence-corrected chi connectivity index (χ3v) is 5.80. The Kier molecular flexibility index (Phi) is 7.93. The van der Waals surface area contributed by atoms with Gasteiger partial charge in [-0.1, -0.05) is 25.5 Å². The molecule has 0 aliphatic heterocycles. The number of amides is 1. The Morgan fingerprint density at radius 2 is 1.64 bits per heavy atom. The van der Waals surface area contributed by atoms with Gasteiger partial charge in [-0.3, -0.25) is 4.79 Å². The zero-order valence-corrected chi connectivity index (χ0v) is 21.7. The zero-order chi connectivity index (χ0) is 25.7. The lowest BCUT2D eigenvalue weighted by atomic mass is 10.1. The molecule has 2 aromatic carbocycles. The van der Waals surface area contributed by atoms with Crippen LogP contribution in [0.1, 0.15) is 56.5 Å². The Labute approximate surface area is 211 Å². The molecule has 0 unspecified atom stereocenters. The van der Waals surface area contributed by atoms with Gasteiger partial charge in [-0.2, -0.15) is 5.10 Å². The highest BCUT2D eigenvalue weighted by Gasteiger charge is 2.21. The standard InChI is InChI=1S/C28H34N4O4/c1-6-10-13-32-27-21(15-19-12-11-18(5)14-22(19)29-27)26(31-32)30-28(33)20-16-23(34-7-2)25(36-9-4)24(17-20)35-8-3/h11-12,14-17H,6-10,13H2,1-5H3,(H,30,31,33). The molecule has 190 valence electrons. The molecular formula is C28H34N4O4. The predicted molar refractivity (Wildman–Crippen MR) is 143 cm³/mol. The number of fused-ring (bicyclic) bond motifs is 2. The third kappa shape index (κ3) is 5.22. The van der Waals surface area contributed by atoms with Gasteiger partial charge in [0, 0.05) is 17.5 Å². The van der Waals surface area contributed by atoms with Gasteiger partial charge in [0.2, 0.25) is 5.75 Å². The fourth-order valence-corrected chi connectivity index (χ4v) is 4.12. The van der Waals surface area contributed by atoms with Gasteiger partial charge in [-0.25, -0.2) is 9.67 Å². The number of pyridine rings is 1. The number of ether oxygens (including phenoxy) is 3. The number of aryl methyl sites for hydroxylation is 2. The minimum atomic E-state index is -0.314. The molecule has 0 aliphatic carbocycles. The first-order valence-corrected chi connectivity index (χ1v) is 12.6. The van der Waals surface area contributed by atoms with Crippen LogP contribution in [0, 0.1) is 6.92 Å². The minimum absolute atomic E-state index is 0.314. The predicted octanol–water partition coefficient (Wildman–Crippen LogP) is 6.14. The molecule has 0 saturated heterocycles. The first-order valence-electron chi connectivity index (χ1n) is 12.6. The largest absolute Gasteiger partial charge is 0.490 e. The van der Waals surface area contributed by atoms with E-state index in [1.54, 1.807) is 12.1 Å².